The Balaban J connectivity index is 2.04. The topological polar surface area (TPSA) is 9.23 Å². The molecule has 2 aromatic carbocycles. The molecule has 0 atom stereocenters. The Kier molecular flexibility index (Phi) is 4.68. The zero-order valence-electron chi connectivity index (χ0n) is 9.20. The van der Waals surface area contributed by atoms with Gasteiger partial charge in [-0.05, 0) is 45.9 Å². The second-order valence-corrected chi connectivity index (χ2v) is 5.10. The van der Waals surface area contributed by atoms with Gasteiger partial charge >= 0.3 is 0 Å². The first-order valence-electron chi connectivity index (χ1n) is 5.30. The lowest BCUT2D eigenvalue weighted by Gasteiger charge is -2.09. The maximum absolute atomic E-state index is 5.78. The molecular weight excluding hydrogens is 347 g/mol. The van der Waals surface area contributed by atoms with Crippen molar-refractivity contribution in [3.63, 3.8) is 0 Å². The lowest BCUT2D eigenvalue weighted by molar-refractivity contribution is 0.304. The molecule has 0 spiro atoms. The van der Waals surface area contributed by atoms with Gasteiger partial charge in [0.2, 0.25) is 0 Å². The second-order valence-electron chi connectivity index (χ2n) is 3.67. The summed E-state index contributed by atoms with van der Waals surface area (Å²) in [6.45, 7) is 0.594. The predicted molar refractivity (Wildman–Crippen MR) is 79.5 cm³/mol. The zero-order chi connectivity index (χ0) is 12.1. The number of ether oxygens (including phenoxy) is 1. The summed E-state index contributed by atoms with van der Waals surface area (Å²) in [4.78, 5) is 0. The molecule has 0 unspecified atom stereocenters. The molecule has 0 heterocycles. The van der Waals surface area contributed by atoms with Crippen molar-refractivity contribution in [3.8, 4) is 5.75 Å². The van der Waals surface area contributed by atoms with Crippen LogP contribution in [-0.2, 0) is 12.5 Å². The fraction of sp³-hybridized carbons (Fsp3) is 0.143. The van der Waals surface area contributed by atoms with Crippen molar-refractivity contribution >= 4 is 34.2 Å². The van der Waals surface area contributed by atoms with Crippen LogP contribution in [0.3, 0.4) is 0 Å². The maximum atomic E-state index is 5.78. The van der Waals surface area contributed by atoms with Gasteiger partial charge in [-0.2, -0.15) is 0 Å². The van der Waals surface area contributed by atoms with Crippen molar-refractivity contribution in [2.75, 3.05) is 0 Å². The first-order chi connectivity index (χ1) is 8.29. The Hall–Kier alpha value is -0.740. The van der Waals surface area contributed by atoms with Gasteiger partial charge in [0.05, 0.1) is 3.57 Å². The lowest BCUT2D eigenvalue weighted by Crippen LogP contribution is -1.97. The molecule has 0 saturated heterocycles. The highest BCUT2D eigenvalue weighted by molar-refractivity contribution is 14.1. The minimum Gasteiger partial charge on any atom is -0.488 e. The van der Waals surface area contributed by atoms with Gasteiger partial charge in [-0.15, -0.1) is 11.6 Å². The van der Waals surface area contributed by atoms with Gasteiger partial charge in [0.25, 0.3) is 0 Å². The molecule has 0 aromatic heterocycles. The lowest BCUT2D eigenvalue weighted by atomic mass is 10.2. The van der Waals surface area contributed by atoms with Gasteiger partial charge in [-0.25, -0.2) is 0 Å². The van der Waals surface area contributed by atoms with E-state index in [-0.39, 0.29) is 0 Å². The molecule has 1 nitrogen and oxygen atoms in total. The van der Waals surface area contributed by atoms with Gasteiger partial charge in [0.1, 0.15) is 12.4 Å². The third kappa shape index (κ3) is 3.61. The van der Waals surface area contributed by atoms with Crippen LogP contribution in [0.4, 0.5) is 0 Å². The Labute approximate surface area is 120 Å². The quantitative estimate of drug-likeness (QED) is 0.573. The van der Waals surface area contributed by atoms with E-state index in [4.69, 9.17) is 16.3 Å². The summed E-state index contributed by atoms with van der Waals surface area (Å²) < 4.78 is 6.87. The first kappa shape index (κ1) is 12.7. The average Bonchev–Trinajstić information content (AvgIpc) is 2.38. The number of alkyl halides is 1. The van der Waals surface area contributed by atoms with Crippen LogP contribution < -0.4 is 4.74 Å². The van der Waals surface area contributed by atoms with Crippen molar-refractivity contribution in [3.05, 3.63) is 63.2 Å². The highest BCUT2D eigenvalue weighted by atomic mass is 127. The van der Waals surface area contributed by atoms with Crippen LogP contribution in [0.5, 0.6) is 5.75 Å². The minimum absolute atomic E-state index is 0.537. The zero-order valence-corrected chi connectivity index (χ0v) is 12.1. The van der Waals surface area contributed by atoms with E-state index in [9.17, 15) is 0 Å². The van der Waals surface area contributed by atoms with Gasteiger partial charge < -0.3 is 4.74 Å². The first-order valence-corrected chi connectivity index (χ1v) is 6.92. The van der Waals surface area contributed by atoms with E-state index in [0.29, 0.717) is 12.5 Å². The Bertz CT molecular complexity index is 485. The Morgan fingerprint density at radius 1 is 1.00 bits per heavy atom. The van der Waals surface area contributed by atoms with Crippen LogP contribution in [-0.4, -0.2) is 0 Å². The fourth-order valence-corrected chi connectivity index (χ4v) is 2.38. The third-order valence-corrected chi connectivity index (χ3v) is 3.54. The van der Waals surface area contributed by atoms with Crippen LogP contribution in [0, 0.1) is 3.57 Å². The van der Waals surface area contributed by atoms with E-state index < -0.39 is 0 Å². The summed E-state index contributed by atoms with van der Waals surface area (Å²) in [5.74, 6) is 1.44. The molecule has 2 aromatic rings. The van der Waals surface area contributed by atoms with Crippen molar-refractivity contribution < 1.29 is 4.74 Å². The summed E-state index contributed by atoms with van der Waals surface area (Å²) in [6, 6.07) is 16.2. The number of hydrogen-bond donors (Lipinski definition) is 0. The van der Waals surface area contributed by atoms with E-state index in [1.54, 1.807) is 0 Å². The van der Waals surface area contributed by atoms with Gasteiger partial charge in [0.15, 0.2) is 0 Å². The third-order valence-electron chi connectivity index (χ3n) is 2.39. The SMILES string of the molecule is ClCc1ccc(OCc2ccccc2)c(I)c1. The molecule has 0 saturated carbocycles. The van der Waals surface area contributed by atoms with Crippen LogP contribution in [0.25, 0.3) is 0 Å². The molecule has 2 rings (SSSR count). The molecule has 3 heteroatoms. The molecule has 0 radical (unpaired) electrons. The van der Waals surface area contributed by atoms with Gasteiger partial charge in [0, 0.05) is 5.88 Å². The number of rotatable bonds is 4. The van der Waals surface area contributed by atoms with E-state index in [0.717, 1.165) is 14.9 Å². The number of benzene rings is 2. The Morgan fingerprint density at radius 3 is 2.41 bits per heavy atom. The van der Waals surface area contributed by atoms with Gasteiger partial charge in [-0.1, -0.05) is 36.4 Å². The monoisotopic (exact) mass is 358 g/mol. The van der Waals surface area contributed by atoms with Crippen LogP contribution in [0.15, 0.2) is 48.5 Å². The number of halogens is 2. The molecule has 0 amide bonds. The van der Waals surface area contributed by atoms with Crippen molar-refractivity contribution in [2.24, 2.45) is 0 Å². The molecule has 0 aliphatic rings. The predicted octanol–water partition coefficient (Wildman–Crippen LogP) is 4.61. The summed E-state index contributed by atoms with van der Waals surface area (Å²) in [5.41, 5.74) is 2.29. The molecule has 0 bridgehead atoms. The van der Waals surface area contributed by atoms with E-state index in [1.807, 2.05) is 36.4 Å². The van der Waals surface area contributed by atoms with Crippen LogP contribution in [0.2, 0.25) is 0 Å². The molecule has 0 aliphatic heterocycles. The van der Waals surface area contributed by atoms with Crippen LogP contribution >= 0.6 is 34.2 Å². The molecule has 0 fully saturated rings. The summed E-state index contributed by atoms with van der Waals surface area (Å²) in [7, 11) is 0. The standard InChI is InChI=1S/C14H12ClIO/c15-9-12-6-7-14(13(16)8-12)17-10-11-4-2-1-3-5-11/h1-8H,9-10H2. The van der Waals surface area contributed by atoms with E-state index >= 15 is 0 Å². The van der Waals surface area contributed by atoms with E-state index in [2.05, 4.69) is 34.7 Å². The molecule has 17 heavy (non-hydrogen) atoms. The highest BCUT2D eigenvalue weighted by Gasteiger charge is 2.02. The highest BCUT2D eigenvalue weighted by Crippen LogP contribution is 2.23. The fourth-order valence-electron chi connectivity index (χ4n) is 1.48. The van der Waals surface area contributed by atoms with Crippen molar-refractivity contribution in [1.82, 2.24) is 0 Å². The second kappa shape index (κ2) is 6.26. The molecule has 88 valence electrons. The van der Waals surface area contributed by atoms with Crippen molar-refractivity contribution in [2.45, 2.75) is 12.5 Å². The molecule has 0 N–H and O–H groups in total. The number of hydrogen-bond acceptors (Lipinski definition) is 1. The van der Waals surface area contributed by atoms with Crippen molar-refractivity contribution in [1.29, 1.82) is 0 Å². The largest absolute Gasteiger partial charge is 0.488 e. The normalized spacial score (nSPS) is 10.2. The molecular formula is C14H12ClIO. The summed E-state index contributed by atoms with van der Waals surface area (Å²) >= 11 is 8.05. The average molecular weight is 359 g/mol. The molecule has 0 aliphatic carbocycles. The smallest absolute Gasteiger partial charge is 0.133 e. The maximum Gasteiger partial charge on any atom is 0.133 e. The summed E-state index contributed by atoms with van der Waals surface area (Å²) in [6.07, 6.45) is 0. The van der Waals surface area contributed by atoms with E-state index in [1.165, 1.54) is 5.56 Å². The Morgan fingerprint density at radius 2 is 1.76 bits per heavy atom. The van der Waals surface area contributed by atoms with Crippen LogP contribution in [0.1, 0.15) is 11.1 Å². The van der Waals surface area contributed by atoms with Gasteiger partial charge in [-0.3, -0.25) is 0 Å². The minimum atomic E-state index is 0.537. The summed E-state index contributed by atoms with van der Waals surface area (Å²) in [5, 5.41) is 0.